The SMILES string of the molecule is COc1ccc(Oc2c(Cl)cc(Br)cc2Cl)cc1N(S(=O)[O-])C1(C(N)=O)CC1. The smallest absolute Gasteiger partial charge is 0.244 e. The van der Waals surface area contributed by atoms with Crippen molar-refractivity contribution in [2.45, 2.75) is 18.4 Å². The van der Waals surface area contributed by atoms with Crippen LogP contribution in [-0.4, -0.2) is 27.3 Å². The first-order valence-electron chi connectivity index (χ1n) is 7.89. The molecule has 150 valence electrons. The Morgan fingerprint density at radius 1 is 1.29 bits per heavy atom. The van der Waals surface area contributed by atoms with Gasteiger partial charge in [0.05, 0.1) is 22.8 Å². The maximum atomic E-state index is 11.9. The second-order valence-electron chi connectivity index (χ2n) is 6.04. The van der Waals surface area contributed by atoms with E-state index in [2.05, 4.69) is 15.9 Å². The highest BCUT2D eigenvalue weighted by Gasteiger charge is 2.55. The zero-order valence-corrected chi connectivity index (χ0v) is 18.3. The number of rotatable bonds is 7. The maximum Gasteiger partial charge on any atom is 0.244 e. The van der Waals surface area contributed by atoms with Gasteiger partial charge in [-0.05, 0) is 37.1 Å². The Balaban J connectivity index is 2.06. The van der Waals surface area contributed by atoms with Crippen molar-refractivity contribution in [3.8, 4) is 17.2 Å². The minimum absolute atomic E-state index is 0.119. The molecule has 1 aliphatic carbocycles. The summed E-state index contributed by atoms with van der Waals surface area (Å²) in [4.78, 5) is 11.9. The van der Waals surface area contributed by atoms with Crippen molar-refractivity contribution in [1.29, 1.82) is 0 Å². The lowest BCUT2D eigenvalue weighted by atomic mass is 10.2. The minimum atomic E-state index is -2.77. The Bertz CT molecular complexity index is 948. The number of carbonyl (C=O) groups excluding carboxylic acids is 1. The van der Waals surface area contributed by atoms with E-state index in [0.29, 0.717) is 17.3 Å². The van der Waals surface area contributed by atoms with Gasteiger partial charge < -0.3 is 19.8 Å². The summed E-state index contributed by atoms with van der Waals surface area (Å²) in [7, 11) is 1.39. The van der Waals surface area contributed by atoms with Crippen LogP contribution in [-0.2, 0) is 16.1 Å². The number of nitrogens with zero attached hydrogens (tertiary/aromatic N) is 1. The van der Waals surface area contributed by atoms with E-state index >= 15 is 0 Å². The summed E-state index contributed by atoms with van der Waals surface area (Å²) in [6, 6.07) is 7.72. The highest BCUT2D eigenvalue weighted by molar-refractivity contribution is 9.10. The molecule has 2 aromatic carbocycles. The third kappa shape index (κ3) is 3.95. The third-order valence-electron chi connectivity index (χ3n) is 4.27. The molecule has 0 radical (unpaired) electrons. The Labute approximate surface area is 182 Å². The van der Waals surface area contributed by atoms with Gasteiger partial charge in [0.1, 0.15) is 17.0 Å². The molecule has 3 rings (SSSR count). The van der Waals surface area contributed by atoms with E-state index in [1.165, 1.54) is 19.2 Å². The highest BCUT2D eigenvalue weighted by atomic mass is 79.9. The van der Waals surface area contributed by atoms with Gasteiger partial charge in [0.2, 0.25) is 5.91 Å². The van der Waals surface area contributed by atoms with Crippen LogP contribution in [0.4, 0.5) is 5.69 Å². The predicted octanol–water partition coefficient (Wildman–Crippen LogP) is 4.18. The zero-order chi connectivity index (χ0) is 20.6. The van der Waals surface area contributed by atoms with Crippen molar-refractivity contribution >= 4 is 62.0 Å². The zero-order valence-electron chi connectivity index (χ0n) is 14.4. The average molecular weight is 509 g/mol. The van der Waals surface area contributed by atoms with Crippen LogP contribution in [0.15, 0.2) is 34.8 Å². The number of benzene rings is 2. The van der Waals surface area contributed by atoms with E-state index in [4.69, 9.17) is 38.4 Å². The molecule has 1 amide bonds. The normalized spacial score (nSPS) is 15.6. The van der Waals surface area contributed by atoms with Crippen LogP contribution in [0.2, 0.25) is 10.0 Å². The molecule has 1 unspecified atom stereocenters. The molecule has 0 heterocycles. The van der Waals surface area contributed by atoms with Crippen molar-refractivity contribution < 1.29 is 23.0 Å². The van der Waals surface area contributed by atoms with Crippen molar-refractivity contribution in [1.82, 2.24) is 0 Å². The molecule has 28 heavy (non-hydrogen) atoms. The molecule has 1 saturated carbocycles. The van der Waals surface area contributed by atoms with E-state index < -0.39 is 22.7 Å². The van der Waals surface area contributed by atoms with E-state index in [1.54, 1.807) is 18.2 Å². The molecule has 0 spiro atoms. The number of amides is 1. The molecule has 0 aliphatic heterocycles. The number of primary amides is 1. The third-order valence-corrected chi connectivity index (χ3v) is 6.14. The lowest BCUT2D eigenvalue weighted by Gasteiger charge is -2.34. The Morgan fingerprint density at radius 2 is 1.89 bits per heavy atom. The minimum Gasteiger partial charge on any atom is -0.755 e. The molecule has 1 aliphatic rings. The van der Waals surface area contributed by atoms with Crippen LogP contribution in [0.25, 0.3) is 0 Å². The van der Waals surface area contributed by atoms with Gasteiger partial charge >= 0.3 is 0 Å². The first kappa shape index (κ1) is 21.2. The fourth-order valence-electron chi connectivity index (χ4n) is 2.76. The predicted molar refractivity (Wildman–Crippen MR) is 110 cm³/mol. The Morgan fingerprint density at radius 3 is 2.36 bits per heavy atom. The first-order valence-corrected chi connectivity index (χ1v) is 10.5. The van der Waals surface area contributed by atoms with Gasteiger partial charge in [-0.15, -0.1) is 0 Å². The van der Waals surface area contributed by atoms with Crippen molar-refractivity contribution in [3.63, 3.8) is 0 Å². The summed E-state index contributed by atoms with van der Waals surface area (Å²) >= 11 is 12.9. The monoisotopic (exact) mass is 507 g/mol. The molecule has 0 saturated heterocycles. The van der Waals surface area contributed by atoms with E-state index in [1.807, 2.05) is 0 Å². The lowest BCUT2D eigenvalue weighted by Crippen LogP contribution is -2.48. The number of nitrogens with two attached hydrogens (primary N) is 1. The van der Waals surface area contributed by atoms with Crippen LogP contribution in [0, 0.1) is 0 Å². The molecule has 1 atom stereocenters. The summed E-state index contributed by atoms with van der Waals surface area (Å²) in [5.41, 5.74) is 4.26. The van der Waals surface area contributed by atoms with Gasteiger partial charge in [-0.3, -0.25) is 13.3 Å². The van der Waals surface area contributed by atoms with Crippen molar-refractivity contribution in [2.75, 3.05) is 11.4 Å². The fraction of sp³-hybridized carbons (Fsp3) is 0.235. The van der Waals surface area contributed by atoms with Crippen LogP contribution in [0.5, 0.6) is 17.2 Å². The number of ether oxygens (including phenoxy) is 2. The second kappa shape index (κ2) is 8.08. The molecule has 0 bridgehead atoms. The number of hydrogen-bond acceptors (Lipinski definition) is 5. The van der Waals surface area contributed by atoms with Gasteiger partial charge in [-0.2, -0.15) is 0 Å². The van der Waals surface area contributed by atoms with Gasteiger partial charge in [-0.25, -0.2) is 0 Å². The highest BCUT2D eigenvalue weighted by Crippen LogP contribution is 2.48. The summed E-state index contributed by atoms with van der Waals surface area (Å²) in [5.74, 6) is -0.0488. The summed E-state index contributed by atoms with van der Waals surface area (Å²) < 4.78 is 36.5. The molecule has 2 N–H and O–H groups in total. The van der Waals surface area contributed by atoms with Gasteiger partial charge in [0.15, 0.2) is 5.75 Å². The van der Waals surface area contributed by atoms with Gasteiger partial charge in [-0.1, -0.05) is 39.1 Å². The van der Waals surface area contributed by atoms with Crippen LogP contribution in [0.3, 0.4) is 0 Å². The summed E-state index contributed by atoms with van der Waals surface area (Å²) in [6.45, 7) is 0. The van der Waals surface area contributed by atoms with E-state index in [-0.39, 0.29) is 33.0 Å². The molecule has 11 heteroatoms. The first-order chi connectivity index (χ1) is 13.2. The Kier molecular flexibility index (Phi) is 6.11. The topological polar surface area (TPSA) is 105 Å². The van der Waals surface area contributed by atoms with Gasteiger partial charge in [0, 0.05) is 21.8 Å². The Hall–Kier alpha value is -1.52. The van der Waals surface area contributed by atoms with Gasteiger partial charge in [0.25, 0.3) is 0 Å². The van der Waals surface area contributed by atoms with Crippen LogP contribution >= 0.6 is 39.1 Å². The molecular weight excluding hydrogens is 495 g/mol. The maximum absolute atomic E-state index is 11.9. The molecule has 1 fully saturated rings. The number of anilines is 1. The second-order valence-corrected chi connectivity index (χ2v) is 8.57. The molecule has 2 aromatic rings. The lowest BCUT2D eigenvalue weighted by molar-refractivity contribution is -0.119. The van der Waals surface area contributed by atoms with E-state index in [9.17, 15) is 13.6 Å². The largest absolute Gasteiger partial charge is 0.755 e. The van der Waals surface area contributed by atoms with Crippen molar-refractivity contribution in [2.24, 2.45) is 5.73 Å². The average Bonchev–Trinajstić information content (AvgIpc) is 3.40. The van der Waals surface area contributed by atoms with Crippen molar-refractivity contribution in [3.05, 3.63) is 44.8 Å². The standard InChI is InChI=1S/C17H15BrCl2N2O5S/c1-26-14-3-2-10(27-15-11(19)6-9(18)7-12(15)20)8-13(14)22(28(24)25)17(4-5-17)16(21)23/h2-3,6-8H,4-5H2,1H3,(H2,21,23)(H,24,25)/p-1. The quantitative estimate of drug-likeness (QED) is 0.565. The van der Waals surface area contributed by atoms with Crippen LogP contribution < -0.4 is 19.5 Å². The summed E-state index contributed by atoms with van der Waals surface area (Å²) in [6.07, 6.45) is 0.629. The summed E-state index contributed by atoms with van der Waals surface area (Å²) in [5, 5.41) is 0.522. The number of halogens is 3. The number of carbonyl (C=O) groups is 1. The van der Waals surface area contributed by atoms with Crippen LogP contribution in [0.1, 0.15) is 12.8 Å². The fourth-order valence-corrected chi connectivity index (χ4v) is 4.90. The van der Waals surface area contributed by atoms with E-state index in [0.717, 1.165) is 4.31 Å². The number of methoxy groups -OCH3 is 1. The molecule has 0 aromatic heterocycles. The molecular formula is C17H14BrCl2N2O5S-. The molecule has 7 nitrogen and oxygen atoms in total. The number of hydrogen-bond donors (Lipinski definition) is 1.